The predicted molar refractivity (Wildman–Crippen MR) is 134 cm³/mol. The van der Waals surface area contributed by atoms with Gasteiger partial charge in [0, 0.05) is 44.0 Å². The molecule has 3 fully saturated rings. The van der Waals surface area contributed by atoms with Crippen LogP contribution in [0.2, 0.25) is 0 Å². The lowest BCUT2D eigenvalue weighted by atomic mass is 9.75. The molecule has 4 aliphatic rings. The molecule has 10 heteroatoms. The minimum atomic E-state index is -0.543. The van der Waals surface area contributed by atoms with Gasteiger partial charge in [0.1, 0.15) is 11.6 Å². The van der Waals surface area contributed by atoms with Gasteiger partial charge in [-0.05, 0) is 44.4 Å². The number of piperazine rings is 1. The molecule has 1 aliphatic carbocycles. The number of ether oxygens (including phenoxy) is 1. The number of fused-ring (bicyclic) bond motifs is 1. The summed E-state index contributed by atoms with van der Waals surface area (Å²) in [6, 6.07) is 4.23. The fourth-order valence-electron chi connectivity index (χ4n) is 5.87. The molecule has 0 unspecified atom stereocenters. The summed E-state index contributed by atoms with van der Waals surface area (Å²) in [6.45, 7) is 5.64. The van der Waals surface area contributed by atoms with Gasteiger partial charge in [-0.1, -0.05) is 12.8 Å². The van der Waals surface area contributed by atoms with Gasteiger partial charge in [-0.15, -0.1) is 0 Å². The second kappa shape index (κ2) is 9.67. The Morgan fingerprint density at radius 1 is 1.06 bits per heavy atom. The first kappa shape index (κ1) is 22.6. The average molecular weight is 479 g/mol. The fourth-order valence-corrected chi connectivity index (χ4v) is 5.87. The molecule has 3 aliphatic heterocycles. The van der Waals surface area contributed by atoms with E-state index in [0.717, 1.165) is 81.9 Å². The molecule has 1 amide bonds. The Bertz CT molecular complexity index is 1040. The number of amides is 1. The zero-order chi connectivity index (χ0) is 23.7. The van der Waals surface area contributed by atoms with E-state index in [1.165, 1.54) is 0 Å². The van der Waals surface area contributed by atoms with Crippen LogP contribution in [0.15, 0.2) is 24.5 Å². The van der Waals surface area contributed by atoms with Crippen LogP contribution in [0.3, 0.4) is 0 Å². The standard InChI is InChI=1S/C25H34N8O2/c34-23-25(7-8-27-17-35-16-25)13-18-14-29-24(31-22(18)33(23)19-3-1-2-4-19)30-21-6-5-20(15-28-21)32-11-9-26-10-12-32/h5-6,14-15,19,26-27H,1-4,7-13,16-17H2,(H,28,29,30,31)/t25-/m1/s1. The highest BCUT2D eigenvalue weighted by Crippen LogP contribution is 2.43. The van der Waals surface area contributed by atoms with Gasteiger partial charge in [-0.2, -0.15) is 4.98 Å². The van der Waals surface area contributed by atoms with Crippen LogP contribution in [0.4, 0.5) is 23.3 Å². The number of carbonyl (C=O) groups excluding carboxylic acids is 1. The van der Waals surface area contributed by atoms with Crippen LogP contribution < -0.4 is 25.8 Å². The third-order valence-corrected chi connectivity index (χ3v) is 7.79. The van der Waals surface area contributed by atoms with Gasteiger partial charge in [-0.3, -0.25) is 15.0 Å². The molecule has 2 aromatic heterocycles. The minimum Gasteiger partial charge on any atom is -0.368 e. The van der Waals surface area contributed by atoms with Crippen molar-refractivity contribution in [3.8, 4) is 0 Å². The van der Waals surface area contributed by atoms with E-state index in [-0.39, 0.29) is 11.9 Å². The van der Waals surface area contributed by atoms with Crippen molar-refractivity contribution in [2.75, 3.05) is 61.2 Å². The maximum Gasteiger partial charge on any atom is 0.237 e. The van der Waals surface area contributed by atoms with Crippen molar-refractivity contribution in [2.24, 2.45) is 5.41 Å². The first-order chi connectivity index (χ1) is 17.2. The highest BCUT2D eigenvalue weighted by molar-refractivity contribution is 6.00. The highest BCUT2D eigenvalue weighted by Gasteiger charge is 2.49. The summed E-state index contributed by atoms with van der Waals surface area (Å²) in [7, 11) is 0. The van der Waals surface area contributed by atoms with E-state index in [4.69, 9.17) is 9.72 Å². The summed E-state index contributed by atoms with van der Waals surface area (Å²) in [5, 5.41) is 9.89. The number of aromatic nitrogens is 3. The molecule has 0 bridgehead atoms. The van der Waals surface area contributed by atoms with Gasteiger partial charge in [-0.25, -0.2) is 9.97 Å². The number of anilines is 4. The maximum absolute atomic E-state index is 14.0. The summed E-state index contributed by atoms with van der Waals surface area (Å²) >= 11 is 0. The maximum atomic E-state index is 14.0. The van der Waals surface area contributed by atoms with Crippen LogP contribution >= 0.6 is 0 Å². The van der Waals surface area contributed by atoms with Crippen molar-refractivity contribution in [1.82, 2.24) is 25.6 Å². The Kier molecular flexibility index (Phi) is 6.26. The van der Waals surface area contributed by atoms with E-state index in [0.29, 0.717) is 31.5 Å². The molecule has 0 radical (unpaired) electrons. The molecule has 2 aromatic rings. The second-order valence-electron chi connectivity index (χ2n) is 10.1. The molecule has 2 saturated heterocycles. The van der Waals surface area contributed by atoms with Crippen molar-refractivity contribution < 1.29 is 9.53 Å². The van der Waals surface area contributed by atoms with Crippen LogP contribution in [0.25, 0.3) is 0 Å². The Morgan fingerprint density at radius 3 is 2.71 bits per heavy atom. The summed E-state index contributed by atoms with van der Waals surface area (Å²) in [5.41, 5.74) is 1.60. The topological polar surface area (TPSA) is 108 Å². The van der Waals surface area contributed by atoms with Gasteiger partial charge in [0.05, 0.1) is 30.6 Å². The Labute approximate surface area is 205 Å². The Morgan fingerprint density at radius 2 is 1.91 bits per heavy atom. The van der Waals surface area contributed by atoms with Crippen molar-refractivity contribution >= 4 is 29.2 Å². The number of carbonyl (C=O) groups is 1. The average Bonchev–Trinajstić information content (AvgIpc) is 3.32. The summed E-state index contributed by atoms with van der Waals surface area (Å²) in [6.07, 6.45) is 9.48. The normalized spacial score (nSPS) is 25.5. The second-order valence-corrected chi connectivity index (χ2v) is 10.1. The molecule has 3 N–H and O–H groups in total. The van der Waals surface area contributed by atoms with Crippen LogP contribution in [0, 0.1) is 5.41 Å². The van der Waals surface area contributed by atoms with E-state index in [1.807, 2.05) is 23.4 Å². The predicted octanol–water partition coefficient (Wildman–Crippen LogP) is 1.81. The van der Waals surface area contributed by atoms with Gasteiger partial charge in [0.25, 0.3) is 0 Å². The van der Waals surface area contributed by atoms with Crippen LogP contribution in [-0.4, -0.2) is 73.0 Å². The van der Waals surface area contributed by atoms with E-state index >= 15 is 0 Å². The molecule has 1 saturated carbocycles. The molecular formula is C25H34N8O2. The van der Waals surface area contributed by atoms with Crippen LogP contribution in [0.5, 0.6) is 0 Å². The van der Waals surface area contributed by atoms with E-state index in [2.05, 4.69) is 36.9 Å². The molecule has 6 rings (SSSR count). The quantitative estimate of drug-likeness (QED) is 0.606. The number of hydrogen-bond donors (Lipinski definition) is 3. The van der Waals surface area contributed by atoms with Crippen molar-refractivity contribution in [1.29, 1.82) is 0 Å². The molecule has 1 atom stereocenters. The van der Waals surface area contributed by atoms with Crippen molar-refractivity contribution in [3.63, 3.8) is 0 Å². The van der Waals surface area contributed by atoms with Crippen LogP contribution in [0.1, 0.15) is 37.7 Å². The van der Waals surface area contributed by atoms with Crippen LogP contribution in [-0.2, 0) is 16.0 Å². The summed E-state index contributed by atoms with van der Waals surface area (Å²) in [5.74, 6) is 2.07. The largest absolute Gasteiger partial charge is 0.368 e. The zero-order valence-electron chi connectivity index (χ0n) is 20.1. The molecule has 186 valence electrons. The van der Waals surface area contributed by atoms with Crippen molar-refractivity contribution in [2.45, 2.75) is 44.6 Å². The minimum absolute atomic E-state index is 0.156. The highest BCUT2D eigenvalue weighted by atomic mass is 16.5. The first-order valence-electron chi connectivity index (χ1n) is 12.9. The smallest absolute Gasteiger partial charge is 0.237 e. The lowest BCUT2D eigenvalue weighted by Crippen LogP contribution is -2.55. The third-order valence-electron chi connectivity index (χ3n) is 7.79. The molecular weight excluding hydrogens is 444 g/mol. The number of rotatable bonds is 4. The van der Waals surface area contributed by atoms with Gasteiger partial charge >= 0.3 is 0 Å². The number of nitrogens with zero attached hydrogens (tertiary/aromatic N) is 5. The summed E-state index contributed by atoms with van der Waals surface area (Å²) < 4.78 is 5.81. The van der Waals surface area contributed by atoms with E-state index in [9.17, 15) is 4.79 Å². The number of hydrogen-bond acceptors (Lipinski definition) is 9. The monoisotopic (exact) mass is 478 g/mol. The number of nitrogens with one attached hydrogen (secondary N) is 3. The molecule has 5 heterocycles. The number of pyridine rings is 1. The van der Waals surface area contributed by atoms with Crippen molar-refractivity contribution in [3.05, 3.63) is 30.1 Å². The molecule has 1 spiro atoms. The molecule has 0 aromatic carbocycles. The molecule has 35 heavy (non-hydrogen) atoms. The van der Waals surface area contributed by atoms with Gasteiger partial charge in [0.2, 0.25) is 11.9 Å². The first-order valence-corrected chi connectivity index (χ1v) is 12.9. The lowest BCUT2D eigenvalue weighted by Gasteiger charge is -2.43. The third kappa shape index (κ3) is 4.46. The Balaban J connectivity index is 1.27. The summed E-state index contributed by atoms with van der Waals surface area (Å²) in [4.78, 5) is 32.4. The lowest BCUT2D eigenvalue weighted by molar-refractivity contribution is -0.133. The fraction of sp³-hybridized carbons (Fsp3) is 0.600. The van der Waals surface area contributed by atoms with E-state index < -0.39 is 5.41 Å². The van der Waals surface area contributed by atoms with E-state index in [1.54, 1.807) is 0 Å². The molecule has 10 nitrogen and oxygen atoms in total. The SMILES string of the molecule is O=C1N(C2CCCC2)c2nc(Nc3ccc(N4CCNCC4)cn3)ncc2C[C@@]12CCNCOC2. The Hall–Kier alpha value is -2.82. The van der Waals surface area contributed by atoms with Gasteiger partial charge < -0.3 is 20.3 Å². The van der Waals surface area contributed by atoms with Gasteiger partial charge in [0.15, 0.2) is 0 Å². The zero-order valence-corrected chi connectivity index (χ0v) is 20.1.